The lowest BCUT2D eigenvalue weighted by Crippen LogP contribution is -2.13. The highest BCUT2D eigenvalue weighted by atomic mass is 16.5. The Kier molecular flexibility index (Phi) is 10.3. The first-order valence-electron chi connectivity index (χ1n) is 13.5. The van der Waals surface area contributed by atoms with E-state index < -0.39 is 5.97 Å². The van der Waals surface area contributed by atoms with Crippen LogP contribution >= 0.6 is 0 Å². The van der Waals surface area contributed by atoms with Gasteiger partial charge in [0.25, 0.3) is 0 Å². The molecule has 0 saturated carbocycles. The number of hydrogen-bond donors (Lipinski definition) is 1. The third kappa shape index (κ3) is 6.68. The molecule has 3 rings (SSSR count). The molecule has 0 bridgehead atoms. The van der Waals surface area contributed by atoms with E-state index >= 15 is 0 Å². The summed E-state index contributed by atoms with van der Waals surface area (Å²) in [7, 11) is 0. The van der Waals surface area contributed by atoms with Crippen LogP contribution in [0.3, 0.4) is 0 Å². The predicted octanol–water partition coefficient (Wildman–Crippen LogP) is 8.88. The van der Waals surface area contributed by atoms with Crippen LogP contribution in [-0.2, 0) is 0 Å². The topological polar surface area (TPSA) is 55.8 Å². The van der Waals surface area contributed by atoms with Crippen molar-refractivity contribution in [3.8, 4) is 11.5 Å². The summed E-state index contributed by atoms with van der Waals surface area (Å²) in [6, 6.07) is 13.5. The minimum atomic E-state index is -0.937. The largest absolute Gasteiger partial charge is 0.492 e. The zero-order valence-corrected chi connectivity index (χ0v) is 21.9. The van der Waals surface area contributed by atoms with Crippen molar-refractivity contribution in [2.75, 3.05) is 13.2 Å². The van der Waals surface area contributed by atoms with Gasteiger partial charge in [0.15, 0.2) is 0 Å². The molecule has 0 aromatic heterocycles. The van der Waals surface area contributed by atoms with Gasteiger partial charge in [-0.25, -0.2) is 4.79 Å². The van der Waals surface area contributed by atoms with E-state index in [1.54, 1.807) is 12.1 Å². The maximum absolute atomic E-state index is 11.8. The van der Waals surface area contributed by atoms with Gasteiger partial charge < -0.3 is 14.6 Å². The van der Waals surface area contributed by atoms with Gasteiger partial charge in [-0.3, -0.25) is 0 Å². The molecule has 4 heteroatoms. The molecule has 0 aliphatic heterocycles. The summed E-state index contributed by atoms with van der Waals surface area (Å²) >= 11 is 0. The Bertz CT molecular complexity index is 1100. The molecule has 1 N–H and O–H groups in total. The quantitative estimate of drug-likeness (QED) is 0.222. The molecule has 0 spiro atoms. The van der Waals surface area contributed by atoms with Gasteiger partial charge in [-0.05, 0) is 42.9 Å². The Morgan fingerprint density at radius 2 is 1.23 bits per heavy atom. The Morgan fingerprint density at radius 3 is 1.69 bits per heavy atom. The monoisotopic (exact) mass is 478 g/mol. The molecule has 0 aliphatic carbocycles. The van der Waals surface area contributed by atoms with Gasteiger partial charge in [0.2, 0.25) is 0 Å². The van der Waals surface area contributed by atoms with Gasteiger partial charge in [0.05, 0.1) is 18.8 Å². The Labute approximate surface area is 210 Å². The second-order valence-corrected chi connectivity index (χ2v) is 9.72. The normalized spacial score (nSPS) is 13.1. The summed E-state index contributed by atoms with van der Waals surface area (Å²) in [5, 5.41) is 13.4. The van der Waals surface area contributed by atoms with E-state index in [1.807, 2.05) is 18.2 Å². The van der Waals surface area contributed by atoms with Crippen LogP contribution in [0.2, 0.25) is 0 Å². The molecule has 2 atom stereocenters. The Morgan fingerprint density at radius 1 is 0.743 bits per heavy atom. The molecule has 0 radical (unpaired) electrons. The zero-order chi connectivity index (χ0) is 25.2. The molecule has 0 heterocycles. The standard InChI is InChI=1S/C31H42O4/c1-5-9-13-22(7-3)20-34-29-25-15-11-12-16-26(25)30(35-21-23(8-4)14-10-6-2)28-19-24(31(32)33)17-18-27(28)29/h11-12,15-19,22-23H,5-10,13-14,20-21H2,1-4H3,(H,32,33). The van der Waals surface area contributed by atoms with E-state index in [0.717, 1.165) is 58.7 Å². The summed E-state index contributed by atoms with van der Waals surface area (Å²) in [6.45, 7) is 10.2. The summed E-state index contributed by atoms with van der Waals surface area (Å²) in [4.78, 5) is 11.8. The van der Waals surface area contributed by atoms with Crippen molar-refractivity contribution in [1.29, 1.82) is 0 Å². The number of carboxylic acid groups (broad SMARTS) is 1. The van der Waals surface area contributed by atoms with Crippen molar-refractivity contribution < 1.29 is 19.4 Å². The number of benzene rings is 3. The molecular weight excluding hydrogens is 436 g/mol. The number of carboxylic acids is 1. The third-order valence-corrected chi connectivity index (χ3v) is 7.19. The van der Waals surface area contributed by atoms with E-state index in [-0.39, 0.29) is 5.56 Å². The number of hydrogen-bond acceptors (Lipinski definition) is 3. The average molecular weight is 479 g/mol. The molecular formula is C31H42O4. The lowest BCUT2D eigenvalue weighted by atomic mass is 9.97. The van der Waals surface area contributed by atoms with Crippen LogP contribution in [0.25, 0.3) is 21.5 Å². The summed E-state index contributed by atoms with van der Waals surface area (Å²) < 4.78 is 13.1. The number of rotatable bonds is 15. The molecule has 0 aliphatic rings. The third-order valence-electron chi connectivity index (χ3n) is 7.19. The van der Waals surface area contributed by atoms with Crippen molar-refractivity contribution in [2.24, 2.45) is 11.8 Å². The van der Waals surface area contributed by atoms with Gasteiger partial charge in [0, 0.05) is 21.5 Å². The highest BCUT2D eigenvalue weighted by Crippen LogP contribution is 2.43. The number of ether oxygens (including phenoxy) is 2. The highest BCUT2D eigenvalue weighted by molar-refractivity contribution is 6.12. The summed E-state index contributed by atoms with van der Waals surface area (Å²) in [5.74, 6) is 1.63. The zero-order valence-electron chi connectivity index (χ0n) is 21.9. The first-order valence-corrected chi connectivity index (χ1v) is 13.5. The number of carbonyl (C=O) groups is 1. The van der Waals surface area contributed by atoms with Crippen molar-refractivity contribution in [1.82, 2.24) is 0 Å². The van der Waals surface area contributed by atoms with Crippen molar-refractivity contribution in [2.45, 2.75) is 79.1 Å². The second-order valence-electron chi connectivity index (χ2n) is 9.72. The van der Waals surface area contributed by atoms with Crippen LogP contribution in [0, 0.1) is 11.8 Å². The van der Waals surface area contributed by atoms with Gasteiger partial charge in [-0.2, -0.15) is 0 Å². The predicted molar refractivity (Wildman–Crippen MR) is 146 cm³/mol. The Hall–Kier alpha value is -2.75. The van der Waals surface area contributed by atoms with Crippen LogP contribution < -0.4 is 9.47 Å². The minimum Gasteiger partial charge on any atom is -0.492 e. The molecule has 190 valence electrons. The van der Waals surface area contributed by atoms with E-state index in [1.165, 1.54) is 25.7 Å². The average Bonchev–Trinajstić information content (AvgIpc) is 2.88. The second kappa shape index (κ2) is 13.4. The van der Waals surface area contributed by atoms with Crippen molar-refractivity contribution in [3.63, 3.8) is 0 Å². The van der Waals surface area contributed by atoms with Crippen molar-refractivity contribution in [3.05, 3.63) is 48.0 Å². The smallest absolute Gasteiger partial charge is 0.335 e. The molecule has 0 amide bonds. The molecule has 3 aromatic carbocycles. The number of fused-ring (bicyclic) bond motifs is 2. The lowest BCUT2D eigenvalue weighted by Gasteiger charge is -2.22. The first kappa shape index (κ1) is 26.8. The number of unbranched alkanes of at least 4 members (excludes halogenated alkanes) is 2. The van der Waals surface area contributed by atoms with E-state index in [2.05, 4.69) is 39.8 Å². The number of aromatic carboxylic acids is 1. The summed E-state index contributed by atoms with van der Waals surface area (Å²) in [5.41, 5.74) is 0.260. The van der Waals surface area contributed by atoms with Gasteiger partial charge >= 0.3 is 5.97 Å². The molecule has 4 nitrogen and oxygen atoms in total. The van der Waals surface area contributed by atoms with E-state index in [0.29, 0.717) is 25.0 Å². The van der Waals surface area contributed by atoms with Crippen LogP contribution in [0.15, 0.2) is 42.5 Å². The highest BCUT2D eigenvalue weighted by Gasteiger charge is 2.20. The lowest BCUT2D eigenvalue weighted by molar-refractivity contribution is 0.0697. The Balaban J connectivity index is 2.09. The van der Waals surface area contributed by atoms with Crippen LogP contribution in [-0.4, -0.2) is 24.3 Å². The molecule has 35 heavy (non-hydrogen) atoms. The van der Waals surface area contributed by atoms with Crippen LogP contribution in [0.5, 0.6) is 11.5 Å². The maximum Gasteiger partial charge on any atom is 0.335 e. The molecule has 0 fully saturated rings. The van der Waals surface area contributed by atoms with Crippen LogP contribution in [0.1, 0.15) is 89.4 Å². The van der Waals surface area contributed by atoms with Crippen LogP contribution in [0.4, 0.5) is 0 Å². The molecule has 2 unspecified atom stereocenters. The van der Waals surface area contributed by atoms with E-state index in [4.69, 9.17) is 9.47 Å². The summed E-state index contributed by atoms with van der Waals surface area (Å²) in [6.07, 6.45) is 9.19. The maximum atomic E-state index is 11.8. The van der Waals surface area contributed by atoms with E-state index in [9.17, 15) is 9.90 Å². The molecule has 3 aromatic rings. The van der Waals surface area contributed by atoms with Gasteiger partial charge in [-0.15, -0.1) is 0 Å². The fraction of sp³-hybridized carbons (Fsp3) is 0.516. The fourth-order valence-corrected chi connectivity index (χ4v) is 4.74. The minimum absolute atomic E-state index is 0.260. The van der Waals surface area contributed by atoms with Gasteiger partial charge in [-0.1, -0.05) is 90.5 Å². The fourth-order valence-electron chi connectivity index (χ4n) is 4.74. The van der Waals surface area contributed by atoms with Crippen molar-refractivity contribution >= 4 is 27.5 Å². The SMILES string of the molecule is CCCCC(CC)COc1c2ccccc2c(OCC(CC)CCCC)c2cc(C(=O)O)ccc12. The molecule has 0 saturated heterocycles. The first-order chi connectivity index (χ1) is 17.0. The van der Waals surface area contributed by atoms with Gasteiger partial charge in [0.1, 0.15) is 11.5 Å².